The predicted molar refractivity (Wildman–Crippen MR) is 92.4 cm³/mol. The second-order valence-corrected chi connectivity index (χ2v) is 6.08. The lowest BCUT2D eigenvalue weighted by Gasteiger charge is -2.05. The first-order chi connectivity index (χ1) is 11.0. The third-order valence-electron chi connectivity index (χ3n) is 2.92. The summed E-state index contributed by atoms with van der Waals surface area (Å²) in [7, 11) is 5.25. The summed E-state index contributed by atoms with van der Waals surface area (Å²) in [6.45, 7) is 0. The largest absolute Gasteiger partial charge is 0.497 e. The monoisotopic (exact) mass is 330 g/mol. The fourth-order valence-electron chi connectivity index (χ4n) is 1.78. The van der Waals surface area contributed by atoms with Crippen molar-refractivity contribution in [3.05, 3.63) is 58.4 Å². The van der Waals surface area contributed by atoms with Gasteiger partial charge in [0.15, 0.2) is 5.78 Å². The zero-order valence-electron chi connectivity index (χ0n) is 13.2. The summed E-state index contributed by atoms with van der Waals surface area (Å²) in [5.41, 5.74) is 0.642. The van der Waals surface area contributed by atoms with Gasteiger partial charge in [-0.25, -0.2) is 0 Å². The van der Waals surface area contributed by atoms with Crippen LogP contribution in [0.4, 0.5) is 5.69 Å². The lowest BCUT2D eigenvalue weighted by molar-refractivity contribution is 0.102. The van der Waals surface area contributed by atoms with Crippen LogP contribution in [0.5, 0.6) is 5.75 Å². The van der Waals surface area contributed by atoms with E-state index in [-0.39, 0.29) is 11.7 Å². The second-order valence-electron chi connectivity index (χ2n) is 4.99. The molecule has 0 saturated heterocycles. The van der Waals surface area contributed by atoms with Crippen molar-refractivity contribution in [2.75, 3.05) is 26.5 Å². The maximum absolute atomic E-state index is 12.2. The maximum atomic E-state index is 12.2. The van der Waals surface area contributed by atoms with Crippen LogP contribution in [0.3, 0.4) is 0 Å². The number of ether oxygens (including phenoxy) is 1. The highest BCUT2D eigenvalue weighted by Gasteiger charge is 2.12. The zero-order chi connectivity index (χ0) is 16.8. The summed E-state index contributed by atoms with van der Waals surface area (Å²) in [4.78, 5) is 27.0. The van der Waals surface area contributed by atoms with Gasteiger partial charge in [-0.1, -0.05) is 6.07 Å². The fraction of sp³-hybridized carbons (Fsp3) is 0.176. The van der Waals surface area contributed by atoms with Gasteiger partial charge in [-0.2, -0.15) is 0 Å². The van der Waals surface area contributed by atoms with Crippen molar-refractivity contribution in [3.63, 3.8) is 0 Å². The summed E-state index contributed by atoms with van der Waals surface area (Å²) in [6, 6.07) is 10.4. The van der Waals surface area contributed by atoms with Crippen LogP contribution >= 0.6 is 11.3 Å². The molecule has 0 aliphatic carbocycles. The Morgan fingerprint density at radius 3 is 2.61 bits per heavy atom. The van der Waals surface area contributed by atoms with Crippen molar-refractivity contribution in [1.82, 2.24) is 4.90 Å². The molecule has 1 aromatic carbocycles. The van der Waals surface area contributed by atoms with Gasteiger partial charge in [0, 0.05) is 38.1 Å². The Labute approximate surface area is 139 Å². The number of allylic oxidation sites excluding steroid dienone is 1. The molecule has 6 heteroatoms. The summed E-state index contributed by atoms with van der Waals surface area (Å²) in [5.74, 6) is 0.293. The van der Waals surface area contributed by atoms with Crippen LogP contribution in [0.15, 0.2) is 48.7 Å². The van der Waals surface area contributed by atoms with Crippen molar-refractivity contribution in [3.8, 4) is 5.75 Å². The van der Waals surface area contributed by atoms with E-state index in [0.717, 1.165) is 0 Å². The Bertz CT molecular complexity index is 735. The molecule has 0 spiro atoms. The number of nitrogens with one attached hydrogen (secondary N) is 1. The molecule has 0 bridgehead atoms. The number of hydrogen-bond acceptors (Lipinski definition) is 5. The third-order valence-corrected chi connectivity index (χ3v) is 4.02. The molecule has 1 aromatic heterocycles. The Morgan fingerprint density at radius 2 is 1.91 bits per heavy atom. The number of carbonyl (C=O) groups excluding carboxylic acids is 2. The normalized spacial score (nSPS) is 10.6. The van der Waals surface area contributed by atoms with Gasteiger partial charge >= 0.3 is 0 Å². The van der Waals surface area contributed by atoms with E-state index < -0.39 is 0 Å². The van der Waals surface area contributed by atoms with Gasteiger partial charge < -0.3 is 15.0 Å². The van der Waals surface area contributed by atoms with Crippen LogP contribution in [0.2, 0.25) is 0 Å². The number of rotatable bonds is 6. The molecule has 0 radical (unpaired) electrons. The molecule has 120 valence electrons. The first-order valence-electron chi connectivity index (χ1n) is 6.94. The average Bonchev–Trinajstić information content (AvgIpc) is 3.03. The van der Waals surface area contributed by atoms with E-state index in [0.29, 0.717) is 21.2 Å². The number of hydrogen-bond donors (Lipinski definition) is 1. The number of methoxy groups -OCH3 is 1. The molecule has 0 saturated carbocycles. The van der Waals surface area contributed by atoms with Crippen LogP contribution in [0.25, 0.3) is 0 Å². The summed E-state index contributed by atoms with van der Waals surface area (Å²) in [6.07, 6.45) is 3.16. The van der Waals surface area contributed by atoms with Crippen LogP contribution in [0, 0.1) is 0 Å². The van der Waals surface area contributed by atoms with E-state index in [1.165, 1.54) is 17.4 Å². The van der Waals surface area contributed by atoms with E-state index in [1.807, 2.05) is 14.1 Å². The van der Waals surface area contributed by atoms with Crippen LogP contribution in [0.1, 0.15) is 19.3 Å². The van der Waals surface area contributed by atoms with Crippen LogP contribution in [-0.4, -0.2) is 37.8 Å². The first-order valence-corrected chi connectivity index (χ1v) is 7.75. The van der Waals surface area contributed by atoms with Crippen LogP contribution < -0.4 is 10.1 Å². The first kappa shape index (κ1) is 16.8. The van der Waals surface area contributed by atoms with Crippen molar-refractivity contribution in [2.24, 2.45) is 0 Å². The highest BCUT2D eigenvalue weighted by Crippen LogP contribution is 2.21. The van der Waals surface area contributed by atoms with Crippen molar-refractivity contribution in [1.29, 1.82) is 0 Å². The molecule has 1 N–H and O–H groups in total. The number of amides is 1. The van der Waals surface area contributed by atoms with Gasteiger partial charge in [-0.15, -0.1) is 11.3 Å². The standard InChI is InChI=1S/C17H18N2O3S/c1-19(2)10-9-14(20)15-7-8-16(23-15)17(21)18-12-5-4-6-13(11-12)22-3/h4-11H,1-3H3,(H,18,21)/b10-9+. The van der Waals surface area contributed by atoms with Crippen LogP contribution in [-0.2, 0) is 0 Å². The lowest BCUT2D eigenvalue weighted by Crippen LogP contribution is -2.10. The van der Waals surface area contributed by atoms with E-state index in [9.17, 15) is 9.59 Å². The van der Waals surface area contributed by atoms with Gasteiger partial charge in [-0.05, 0) is 24.3 Å². The van der Waals surface area contributed by atoms with Crippen molar-refractivity contribution < 1.29 is 14.3 Å². The SMILES string of the molecule is COc1cccc(NC(=O)c2ccc(C(=O)/C=C/N(C)C)s2)c1. The van der Waals surface area contributed by atoms with E-state index in [4.69, 9.17) is 4.74 Å². The molecule has 5 nitrogen and oxygen atoms in total. The van der Waals surface area contributed by atoms with Crippen molar-refractivity contribution in [2.45, 2.75) is 0 Å². The predicted octanol–water partition coefficient (Wildman–Crippen LogP) is 3.27. The summed E-state index contributed by atoms with van der Waals surface area (Å²) in [5, 5.41) is 2.79. The van der Waals surface area contributed by atoms with Gasteiger partial charge in [0.05, 0.1) is 16.9 Å². The molecule has 0 aliphatic heterocycles. The molecule has 0 fully saturated rings. The second kappa shape index (κ2) is 7.60. The Balaban J connectivity index is 2.07. The quantitative estimate of drug-likeness (QED) is 0.652. The Hall–Kier alpha value is -2.60. The van der Waals surface area contributed by atoms with E-state index >= 15 is 0 Å². The van der Waals surface area contributed by atoms with Crippen molar-refractivity contribution >= 4 is 28.7 Å². The maximum Gasteiger partial charge on any atom is 0.265 e. The molecule has 23 heavy (non-hydrogen) atoms. The minimum atomic E-state index is -0.251. The molecule has 0 aliphatic rings. The van der Waals surface area contributed by atoms with E-state index in [1.54, 1.807) is 54.6 Å². The molecule has 1 amide bonds. The molecular formula is C17H18N2O3S. The number of anilines is 1. The minimum Gasteiger partial charge on any atom is -0.497 e. The topological polar surface area (TPSA) is 58.6 Å². The highest BCUT2D eigenvalue weighted by atomic mass is 32.1. The smallest absolute Gasteiger partial charge is 0.265 e. The van der Waals surface area contributed by atoms with Gasteiger partial charge in [0.25, 0.3) is 5.91 Å². The van der Waals surface area contributed by atoms with Gasteiger partial charge in [0.2, 0.25) is 0 Å². The highest BCUT2D eigenvalue weighted by molar-refractivity contribution is 7.16. The molecular weight excluding hydrogens is 312 g/mol. The number of ketones is 1. The minimum absolute atomic E-state index is 0.121. The number of nitrogens with zero attached hydrogens (tertiary/aromatic N) is 1. The van der Waals surface area contributed by atoms with Gasteiger partial charge in [0.1, 0.15) is 5.75 Å². The zero-order valence-corrected chi connectivity index (χ0v) is 14.0. The number of benzene rings is 1. The number of carbonyl (C=O) groups is 2. The Morgan fingerprint density at radius 1 is 1.17 bits per heavy atom. The average molecular weight is 330 g/mol. The molecule has 2 rings (SSSR count). The molecule has 0 unspecified atom stereocenters. The molecule has 0 atom stereocenters. The summed E-state index contributed by atoms with van der Waals surface area (Å²) >= 11 is 1.17. The lowest BCUT2D eigenvalue weighted by atomic mass is 10.3. The molecule has 2 aromatic rings. The number of thiophene rings is 1. The fourth-order valence-corrected chi connectivity index (χ4v) is 2.61. The van der Waals surface area contributed by atoms with Gasteiger partial charge in [-0.3, -0.25) is 9.59 Å². The third kappa shape index (κ3) is 4.69. The summed E-state index contributed by atoms with van der Waals surface area (Å²) < 4.78 is 5.12. The molecule has 1 heterocycles. The Kier molecular flexibility index (Phi) is 5.54. The van der Waals surface area contributed by atoms with E-state index in [2.05, 4.69) is 5.32 Å².